The summed E-state index contributed by atoms with van der Waals surface area (Å²) in [7, 11) is 3.10. The van der Waals surface area contributed by atoms with E-state index in [2.05, 4.69) is 5.32 Å². The molecular weight excluding hydrogens is 558 g/mol. The van der Waals surface area contributed by atoms with E-state index in [9.17, 15) is 14.4 Å². The van der Waals surface area contributed by atoms with Crippen LogP contribution in [-0.4, -0.2) is 60.5 Å². The van der Waals surface area contributed by atoms with E-state index in [4.69, 9.17) is 23.9 Å². The van der Waals surface area contributed by atoms with Gasteiger partial charge in [0.05, 0.1) is 45.2 Å². The molecular formula is C31H33N3O7S. The minimum absolute atomic E-state index is 0.0123. The van der Waals surface area contributed by atoms with Crippen LogP contribution in [0.3, 0.4) is 0 Å². The molecule has 1 fully saturated rings. The third-order valence-electron chi connectivity index (χ3n) is 6.26. The molecule has 0 spiro atoms. The molecule has 4 rings (SSSR count). The number of carbonyl (C=O) groups is 3. The number of amidine groups is 1. The fraction of sp³-hybridized carbons (Fsp3) is 0.290. The number of nitrogens with one attached hydrogen (secondary N) is 1. The van der Waals surface area contributed by atoms with Gasteiger partial charge in [0.2, 0.25) is 11.8 Å². The number of thioether (sulfide) groups is 1. The Morgan fingerprint density at radius 1 is 0.952 bits per heavy atom. The number of nitrogens with zero attached hydrogens (tertiary/aromatic N) is 2. The Balaban J connectivity index is 1.60. The van der Waals surface area contributed by atoms with Crippen molar-refractivity contribution in [3.8, 4) is 17.2 Å². The van der Waals surface area contributed by atoms with E-state index in [1.807, 2.05) is 13.0 Å². The SMILES string of the molecule is CCOC(=O)c1ccc(N=C2S[C@H](C(=O)Nc3ccc(OCC)cc3)CC(=O)N2Cc2ccc(OC)c(OC)c2)cc1. The number of anilines is 1. The van der Waals surface area contributed by atoms with Crippen LogP contribution in [0.15, 0.2) is 71.7 Å². The minimum atomic E-state index is -0.705. The summed E-state index contributed by atoms with van der Waals surface area (Å²) in [5.74, 6) is 0.813. The molecule has 0 saturated carbocycles. The normalized spacial score (nSPS) is 15.7. The highest BCUT2D eigenvalue weighted by Crippen LogP contribution is 2.33. The van der Waals surface area contributed by atoms with Crippen LogP contribution in [0.1, 0.15) is 36.2 Å². The molecule has 1 N–H and O–H groups in total. The van der Waals surface area contributed by atoms with Gasteiger partial charge in [-0.2, -0.15) is 0 Å². The van der Waals surface area contributed by atoms with Crippen LogP contribution in [0.25, 0.3) is 0 Å². The highest BCUT2D eigenvalue weighted by molar-refractivity contribution is 8.15. The van der Waals surface area contributed by atoms with E-state index in [0.29, 0.717) is 46.0 Å². The molecule has 1 aliphatic rings. The number of carbonyl (C=O) groups excluding carboxylic acids is 3. The Hall–Kier alpha value is -4.51. The third-order valence-corrected chi connectivity index (χ3v) is 7.44. The largest absolute Gasteiger partial charge is 0.494 e. The molecule has 0 bridgehead atoms. The summed E-state index contributed by atoms with van der Waals surface area (Å²) in [6.45, 7) is 4.66. The Labute approximate surface area is 249 Å². The van der Waals surface area contributed by atoms with E-state index >= 15 is 0 Å². The van der Waals surface area contributed by atoms with E-state index in [1.54, 1.807) is 86.7 Å². The highest BCUT2D eigenvalue weighted by Gasteiger charge is 2.36. The Kier molecular flexibility index (Phi) is 10.4. The Morgan fingerprint density at radius 2 is 1.67 bits per heavy atom. The molecule has 11 heteroatoms. The second-order valence-corrected chi connectivity index (χ2v) is 10.3. The van der Waals surface area contributed by atoms with Crippen molar-refractivity contribution in [3.63, 3.8) is 0 Å². The quantitative estimate of drug-likeness (QED) is 0.293. The first-order valence-electron chi connectivity index (χ1n) is 13.4. The highest BCUT2D eigenvalue weighted by atomic mass is 32.2. The molecule has 2 amide bonds. The number of rotatable bonds is 11. The molecule has 0 radical (unpaired) electrons. The molecule has 42 heavy (non-hydrogen) atoms. The van der Waals surface area contributed by atoms with E-state index < -0.39 is 11.2 Å². The number of methoxy groups -OCH3 is 2. The first-order valence-corrected chi connectivity index (χ1v) is 14.3. The van der Waals surface area contributed by atoms with Gasteiger partial charge < -0.3 is 24.3 Å². The van der Waals surface area contributed by atoms with Gasteiger partial charge in [-0.15, -0.1) is 0 Å². The monoisotopic (exact) mass is 591 g/mol. The third kappa shape index (κ3) is 7.61. The van der Waals surface area contributed by atoms with Crippen molar-refractivity contribution in [2.45, 2.75) is 32.1 Å². The average Bonchev–Trinajstić information content (AvgIpc) is 3.00. The summed E-state index contributed by atoms with van der Waals surface area (Å²) in [6, 6.07) is 19.0. The van der Waals surface area contributed by atoms with Gasteiger partial charge in [0.1, 0.15) is 11.0 Å². The minimum Gasteiger partial charge on any atom is -0.494 e. The molecule has 3 aromatic carbocycles. The van der Waals surface area contributed by atoms with Crippen LogP contribution in [-0.2, 0) is 20.9 Å². The van der Waals surface area contributed by atoms with Gasteiger partial charge in [0.25, 0.3) is 0 Å². The van der Waals surface area contributed by atoms with Crippen molar-refractivity contribution >= 4 is 46.1 Å². The standard InChI is InChI=1S/C31H33N3O7S/c1-5-40-24-14-12-22(13-15-24)32-29(36)27-18-28(35)34(19-20-7-16-25(38-3)26(17-20)39-4)31(42-27)33-23-10-8-21(9-11-23)30(37)41-6-2/h7-17,27H,5-6,18-19H2,1-4H3,(H,32,36)/t27-/m0/s1. The second kappa shape index (κ2) is 14.4. The van der Waals surface area contributed by atoms with Crippen LogP contribution in [0, 0.1) is 0 Å². The lowest BCUT2D eigenvalue weighted by Gasteiger charge is -2.32. The fourth-order valence-electron chi connectivity index (χ4n) is 4.18. The molecule has 1 atom stereocenters. The lowest BCUT2D eigenvalue weighted by atomic mass is 10.1. The van der Waals surface area contributed by atoms with Gasteiger partial charge in [-0.25, -0.2) is 9.79 Å². The zero-order valence-electron chi connectivity index (χ0n) is 23.9. The van der Waals surface area contributed by atoms with Crippen molar-refractivity contribution < 1.29 is 33.3 Å². The maximum atomic E-state index is 13.5. The predicted molar refractivity (Wildman–Crippen MR) is 162 cm³/mol. The zero-order valence-corrected chi connectivity index (χ0v) is 24.7. The molecule has 3 aromatic rings. The summed E-state index contributed by atoms with van der Waals surface area (Å²) in [5.41, 5.74) is 2.30. The summed E-state index contributed by atoms with van der Waals surface area (Å²) >= 11 is 1.20. The molecule has 0 aromatic heterocycles. The predicted octanol–water partition coefficient (Wildman–Crippen LogP) is 5.44. The van der Waals surface area contributed by atoms with Gasteiger partial charge in [0.15, 0.2) is 16.7 Å². The number of ether oxygens (including phenoxy) is 4. The van der Waals surface area contributed by atoms with Crippen LogP contribution in [0.4, 0.5) is 11.4 Å². The van der Waals surface area contributed by atoms with E-state index in [-0.39, 0.29) is 31.4 Å². The fourth-order valence-corrected chi connectivity index (χ4v) is 5.28. The first-order chi connectivity index (χ1) is 20.3. The molecule has 0 unspecified atom stereocenters. The molecule has 1 saturated heterocycles. The number of esters is 1. The molecule has 0 aliphatic carbocycles. The van der Waals surface area contributed by atoms with E-state index in [1.165, 1.54) is 11.8 Å². The molecule has 1 aliphatic heterocycles. The number of aliphatic imine (C=N–C) groups is 1. The Bertz CT molecular complexity index is 1440. The maximum absolute atomic E-state index is 13.5. The average molecular weight is 592 g/mol. The maximum Gasteiger partial charge on any atom is 0.338 e. The Morgan fingerprint density at radius 3 is 2.31 bits per heavy atom. The van der Waals surface area contributed by atoms with Crippen molar-refractivity contribution in [2.75, 3.05) is 32.8 Å². The number of benzene rings is 3. The summed E-state index contributed by atoms with van der Waals surface area (Å²) in [5, 5.41) is 2.54. The van der Waals surface area contributed by atoms with Crippen molar-refractivity contribution in [1.82, 2.24) is 4.90 Å². The zero-order chi connectivity index (χ0) is 30.1. The molecule has 220 valence electrons. The lowest BCUT2D eigenvalue weighted by Crippen LogP contribution is -2.44. The smallest absolute Gasteiger partial charge is 0.338 e. The van der Waals surface area contributed by atoms with Gasteiger partial charge in [-0.05, 0) is 80.1 Å². The number of hydrogen-bond acceptors (Lipinski definition) is 9. The number of amides is 2. The van der Waals surface area contributed by atoms with E-state index in [0.717, 1.165) is 5.56 Å². The topological polar surface area (TPSA) is 116 Å². The molecule has 1 heterocycles. The van der Waals surface area contributed by atoms with Crippen molar-refractivity contribution in [1.29, 1.82) is 0 Å². The molecule has 10 nitrogen and oxygen atoms in total. The summed E-state index contributed by atoms with van der Waals surface area (Å²) < 4.78 is 21.3. The van der Waals surface area contributed by atoms with Gasteiger partial charge in [-0.1, -0.05) is 17.8 Å². The second-order valence-electron chi connectivity index (χ2n) is 9.09. The first kappa shape index (κ1) is 30.4. The number of hydrogen-bond donors (Lipinski definition) is 1. The van der Waals surface area contributed by atoms with Crippen LogP contribution in [0.5, 0.6) is 17.2 Å². The van der Waals surface area contributed by atoms with Gasteiger partial charge >= 0.3 is 5.97 Å². The van der Waals surface area contributed by atoms with Crippen LogP contribution in [0.2, 0.25) is 0 Å². The summed E-state index contributed by atoms with van der Waals surface area (Å²) in [6.07, 6.45) is -0.0123. The lowest BCUT2D eigenvalue weighted by molar-refractivity contribution is -0.129. The van der Waals surface area contributed by atoms with Gasteiger partial charge in [-0.3, -0.25) is 14.5 Å². The van der Waals surface area contributed by atoms with Crippen LogP contribution < -0.4 is 19.5 Å². The van der Waals surface area contributed by atoms with Crippen molar-refractivity contribution in [2.24, 2.45) is 4.99 Å². The summed E-state index contributed by atoms with van der Waals surface area (Å²) in [4.78, 5) is 45.1. The van der Waals surface area contributed by atoms with Crippen molar-refractivity contribution in [3.05, 3.63) is 77.9 Å². The van der Waals surface area contributed by atoms with Gasteiger partial charge in [0, 0.05) is 12.1 Å². The van der Waals surface area contributed by atoms with Crippen LogP contribution >= 0.6 is 11.8 Å².